The molecule has 0 bridgehead atoms. The van der Waals surface area contributed by atoms with Crippen molar-refractivity contribution >= 4 is 41.0 Å². The van der Waals surface area contributed by atoms with Crippen LogP contribution in [-0.2, 0) is 16.6 Å². The Morgan fingerprint density at radius 3 is 2.57 bits per heavy atom. The van der Waals surface area contributed by atoms with Gasteiger partial charge in [0.25, 0.3) is 0 Å². The number of nitrogens with two attached hydrogens (primary N) is 2. The number of nitrogen functional groups attached to an aromatic ring is 1. The van der Waals surface area contributed by atoms with Crippen molar-refractivity contribution in [2.75, 3.05) is 19.5 Å². The lowest BCUT2D eigenvalue weighted by Gasteiger charge is -2.25. The predicted octanol–water partition coefficient (Wildman–Crippen LogP) is 6.44. The molecule has 0 saturated heterocycles. The molecule has 3 aromatic rings. The molecule has 222 valence electrons. The quantitative estimate of drug-likeness (QED) is 0.0935. The van der Waals surface area contributed by atoms with Crippen LogP contribution in [0.3, 0.4) is 0 Å². The first-order valence-corrected chi connectivity index (χ1v) is 13.7. The van der Waals surface area contributed by atoms with Gasteiger partial charge in [-0.1, -0.05) is 23.2 Å². The van der Waals surface area contributed by atoms with Gasteiger partial charge in [0, 0.05) is 34.9 Å². The van der Waals surface area contributed by atoms with E-state index in [4.69, 9.17) is 49.1 Å². The number of hydrogen-bond donors (Lipinski definition) is 2. The molecule has 42 heavy (non-hydrogen) atoms. The molecule has 1 saturated carbocycles. The molecule has 1 unspecified atom stereocenters. The van der Waals surface area contributed by atoms with Crippen LogP contribution in [0.2, 0.25) is 10.0 Å². The first-order chi connectivity index (χ1) is 19.8. The van der Waals surface area contributed by atoms with E-state index in [1.165, 1.54) is 7.11 Å². The summed E-state index contributed by atoms with van der Waals surface area (Å²) in [5.74, 6) is -2.54. The van der Waals surface area contributed by atoms with Gasteiger partial charge in [0.1, 0.15) is 35.1 Å². The smallest absolute Gasteiger partial charge is 0.331 e. The summed E-state index contributed by atoms with van der Waals surface area (Å²) in [6.07, 6.45) is 2.96. The Balaban J connectivity index is 1.70. The lowest BCUT2D eigenvalue weighted by atomic mass is 9.81. The molecule has 1 aliphatic carbocycles. The highest BCUT2D eigenvalue weighted by atomic mass is 35.5. The van der Waals surface area contributed by atoms with Crippen LogP contribution in [0.25, 0.3) is 11.3 Å². The van der Waals surface area contributed by atoms with E-state index < -0.39 is 29.5 Å². The average Bonchev–Trinajstić information content (AvgIpc) is 3.71. The molecular weight excluding hydrogens is 599 g/mol. The molecule has 5 rings (SSSR count). The summed E-state index contributed by atoms with van der Waals surface area (Å²) < 4.78 is 66.1. The number of nitrogens with zero attached hydrogens (tertiary/aromatic N) is 2. The summed E-state index contributed by atoms with van der Waals surface area (Å²) >= 11 is 13.0. The second kappa shape index (κ2) is 11.3. The third-order valence-electron chi connectivity index (χ3n) is 7.76. The maximum atomic E-state index is 15.2. The van der Waals surface area contributed by atoms with Gasteiger partial charge in [-0.3, -0.25) is 4.79 Å². The minimum atomic E-state index is -2.92. The highest BCUT2D eigenvalue weighted by Crippen LogP contribution is 2.53. The van der Waals surface area contributed by atoms with Crippen molar-refractivity contribution in [3.8, 4) is 22.8 Å². The van der Waals surface area contributed by atoms with Crippen molar-refractivity contribution in [2.45, 2.75) is 44.1 Å². The summed E-state index contributed by atoms with van der Waals surface area (Å²) in [6, 6.07) is 5.05. The van der Waals surface area contributed by atoms with E-state index in [9.17, 15) is 18.0 Å². The molecule has 1 aromatic heterocycles. The highest BCUT2D eigenvalue weighted by molar-refractivity contribution is 6.33. The van der Waals surface area contributed by atoms with E-state index in [0.29, 0.717) is 23.7 Å². The van der Waals surface area contributed by atoms with Gasteiger partial charge < -0.3 is 20.9 Å². The van der Waals surface area contributed by atoms with Crippen LogP contribution in [0.4, 0.5) is 23.2 Å². The number of anilines is 1. The Kier molecular flexibility index (Phi) is 8.02. The van der Waals surface area contributed by atoms with E-state index in [0.717, 1.165) is 25.1 Å². The molecule has 1 fully saturated rings. The monoisotopic (exact) mass is 624 g/mol. The number of aromatic nitrogens is 1. The number of alkyl halides is 2. The first-order valence-electron chi connectivity index (χ1n) is 12.9. The average molecular weight is 625 g/mol. The number of aliphatic imine (C=N–C) groups is 1. The Morgan fingerprint density at radius 1 is 1.24 bits per heavy atom. The van der Waals surface area contributed by atoms with Gasteiger partial charge >= 0.3 is 6.55 Å². The van der Waals surface area contributed by atoms with Gasteiger partial charge in [0.2, 0.25) is 5.91 Å². The summed E-state index contributed by atoms with van der Waals surface area (Å²) in [4.78, 5) is 20.6. The van der Waals surface area contributed by atoms with E-state index in [1.807, 2.05) is 0 Å². The van der Waals surface area contributed by atoms with E-state index in [-0.39, 0.29) is 68.1 Å². The predicted molar refractivity (Wildman–Crippen MR) is 152 cm³/mol. The zero-order valence-electron chi connectivity index (χ0n) is 22.5. The number of fused-ring (bicyclic) bond motifs is 1. The SMILES string of the molecule is COc1cc(CC(c2nc(-c3cc(Cl)c(F)cc3F)c3c(c2Cl)[C@@](C)(C(N)=O)CO3)C2CC2)cc(/C=N/C(F)F)c1N. The normalized spacial score (nSPS) is 18.8. The third-order valence-corrected chi connectivity index (χ3v) is 8.43. The highest BCUT2D eigenvalue weighted by Gasteiger charge is 2.48. The number of carbonyl (C=O) groups is 1. The first kappa shape index (κ1) is 29.9. The number of rotatable bonds is 9. The molecule has 7 nitrogen and oxygen atoms in total. The van der Waals surface area contributed by atoms with Crippen molar-refractivity contribution < 1.29 is 31.8 Å². The zero-order valence-corrected chi connectivity index (χ0v) is 24.0. The van der Waals surface area contributed by atoms with Crippen molar-refractivity contribution in [3.05, 3.63) is 68.3 Å². The standard InChI is InChI=1S/C29H26Cl2F4N4O3/c1-29(27(37)40)11-42-26-21(29)22(31)24(39-25(26)16-8-17(30)19(33)9-18(16)32)15(13-3-4-13)6-12-5-14(10-38-28(34)35)23(36)20(7-12)41-2/h5,7-10,13,15,28H,3-4,6,11,36H2,1-2H3,(H2,37,40)/b38-10+/t15?,29-/m0/s1. The van der Waals surface area contributed by atoms with Crippen LogP contribution >= 0.6 is 23.2 Å². The number of methoxy groups -OCH3 is 1. The number of carbonyl (C=O) groups excluding carboxylic acids is 1. The van der Waals surface area contributed by atoms with Crippen molar-refractivity contribution in [1.29, 1.82) is 0 Å². The van der Waals surface area contributed by atoms with Crippen LogP contribution in [-0.4, -0.2) is 37.4 Å². The fourth-order valence-corrected chi connectivity index (χ4v) is 5.93. The molecule has 4 N–H and O–H groups in total. The van der Waals surface area contributed by atoms with Crippen molar-refractivity contribution in [3.63, 3.8) is 0 Å². The van der Waals surface area contributed by atoms with Gasteiger partial charge in [-0.2, -0.15) is 8.78 Å². The minimum absolute atomic E-state index is 0.000863. The van der Waals surface area contributed by atoms with Crippen LogP contribution in [0.1, 0.15) is 48.1 Å². The molecule has 0 radical (unpaired) electrons. The molecule has 1 aliphatic heterocycles. The summed E-state index contributed by atoms with van der Waals surface area (Å²) in [6.45, 7) is -1.52. The van der Waals surface area contributed by atoms with Crippen LogP contribution < -0.4 is 20.9 Å². The number of ether oxygens (including phenoxy) is 2. The molecule has 13 heteroatoms. The maximum absolute atomic E-state index is 15.2. The zero-order chi connectivity index (χ0) is 30.5. The van der Waals surface area contributed by atoms with Gasteiger partial charge in [-0.05, 0) is 55.9 Å². The topological polar surface area (TPSA) is 113 Å². The molecule has 2 atom stereocenters. The van der Waals surface area contributed by atoms with Gasteiger partial charge in [-0.25, -0.2) is 18.8 Å². The fraction of sp³-hybridized carbons (Fsp3) is 0.345. The minimum Gasteiger partial charge on any atom is -0.495 e. The van der Waals surface area contributed by atoms with Gasteiger partial charge in [-0.15, -0.1) is 0 Å². The molecule has 2 aromatic carbocycles. The van der Waals surface area contributed by atoms with Crippen molar-refractivity contribution in [1.82, 2.24) is 4.98 Å². The van der Waals surface area contributed by atoms with E-state index in [2.05, 4.69) is 4.99 Å². The Bertz CT molecular complexity index is 1620. The van der Waals surface area contributed by atoms with Crippen molar-refractivity contribution in [2.24, 2.45) is 16.6 Å². The summed E-state index contributed by atoms with van der Waals surface area (Å²) in [5, 5.41) is -0.195. The Morgan fingerprint density at radius 2 is 1.95 bits per heavy atom. The lowest BCUT2D eigenvalue weighted by Crippen LogP contribution is -2.40. The Hall–Kier alpha value is -3.57. The number of primary amides is 1. The Labute approximate surface area is 248 Å². The largest absolute Gasteiger partial charge is 0.495 e. The van der Waals surface area contributed by atoms with E-state index >= 15 is 4.39 Å². The second-order valence-electron chi connectivity index (χ2n) is 10.6. The molecule has 2 aliphatic rings. The number of pyridine rings is 1. The summed E-state index contributed by atoms with van der Waals surface area (Å²) in [5.41, 5.74) is 12.0. The van der Waals surface area contributed by atoms with Crippen LogP contribution in [0.15, 0.2) is 29.3 Å². The fourth-order valence-electron chi connectivity index (χ4n) is 5.29. The molecular formula is C29H26Cl2F4N4O3. The maximum Gasteiger partial charge on any atom is 0.331 e. The number of hydrogen-bond acceptors (Lipinski definition) is 6. The van der Waals surface area contributed by atoms with Crippen LogP contribution in [0.5, 0.6) is 11.5 Å². The number of halogens is 6. The summed E-state index contributed by atoms with van der Waals surface area (Å²) in [7, 11) is 1.40. The third kappa shape index (κ3) is 5.35. The molecule has 2 heterocycles. The number of benzene rings is 2. The number of amides is 1. The van der Waals surface area contributed by atoms with Gasteiger partial charge in [0.15, 0.2) is 5.75 Å². The molecule has 1 amide bonds. The lowest BCUT2D eigenvalue weighted by molar-refractivity contribution is -0.123. The molecule has 0 spiro atoms. The second-order valence-corrected chi connectivity index (χ2v) is 11.4. The van der Waals surface area contributed by atoms with E-state index in [1.54, 1.807) is 19.1 Å². The van der Waals surface area contributed by atoms with Gasteiger partial charge in [0.05, 0.1) is 28.5 Å². The van der Waals surface area contributed by atoms with Crippen LogP contribution in [0, 0.1) is 17.6 Å².